The lowest BCUT2D eigenvalue weighted by Crippen LogP contribution is -2.39. The molecule has 0 spiro atoms. The Kier molecular flexibility index (Phi) is 5.73. The van der Waals surface area contributed by atoms with Crippen LogP contribution in [0.25, 0.3) is 10.9 Å². The van der Waals surface area contributed by atoms with Gasteiger partial charge in [-0.05, 0) is 61.0 Å². The number of rotatable bonds is 7. The van der Waals surface area contributed by atoms with Crippen LogP contribution in [-0.4, -0.2) is 34.7 Å². The minimum atomic E-state index is -1.17. The molecule has 27 heavy (non-hydrogen) atoms. The third kappa shape index (κ3) is 4.86. The molecule has 7 heteroatoms. The summed E-state index contributed by atoms with van der Waals surface area (Å²) in [7, 11) is 0. The normalized spacial score (nSPS) is 11.8. The molecular formula is C20H22N4O3. The highest BCUT2D eigenvalue weighted by Crippen LogP contribution is 2.18. The number of fused-ring (bicyclic) bond motifs is 1. The number of amides is 2. The summed E-state index contributed by atoms with van der Waals surface area (Å²) in [5, 5.41) is 24.2. The number of ether oxygens (including phenoxy) is 1. The predicted octanol–water partition coefficient (Wildman–Crippen LogP) is 3.46. The molecule has 0 bridgehead atoms. The quantitative estimate of drug-likeness (QED) is 0.326. The van der Waals surface area contributed by atoms with Crippen molar-refractivity contribution < 1.29 is 14.6 Å². The third-order valence-corrected chi connectivity index (χ3v) is 4.02. The standard InChI is InChI=1S/C20H22N4O3/c1-2-27-16-6-3-13(4-7-16)17(21)12-19(25)24-20(26)23-15-5-8-18-14(11-15)9-10-22-18/h3-11,19,21-22,25H,2,12H2,1H3,(H2,23,24,26). The highest BCUT2D eigenvalue weighted by Gasteiger charge is 2.13. The van der Waals surface area contributed by atoms with Crippen LogP contribution < -0.4 is 15.4 Å². The van der Waals surface area contributed by atoms with Crippen LogP contribution in [0.2, 0.25) is 0 Å². The first-order valence-corrected chi connectivity index (χ1v) is 8.68. The van der Waals surface area contributed by atoms with E-state index in [1.54, 1.807) is 30.3 Å². The van der Waals surface area contributed by atoms with Gasteiger partial charge in [0.1, 0.15) is 12.0 Å². The molecule has 2 amide bonds. The van der Waals surface area contributed by atoms with Crippen molar-refractivity contribution in [2.75, 3.05) is 11.9 Å². The summed E-state index contributed by atoms with van der Waals surface area (Å²) in [6.45, 7) is 2.48. The second-order valence-corrected chi connectivity index (χ2v) is 6.03. The molecule has 2 aromatic carbocycles. The summed E-state index contributed by atoms with van der Waals surface area (Å²) in [5.74, 6) is 0.728. The number of hydrogen-bond donors (Lipinski definition) is 5. The van der Waals surface area contributed by atoms with Crippen molar-refractivity contribution in [3.63, 3.8) is 0 Å². The van der Waals surface area contributed by atoms with Gasteiger partial charge in [0.15, 0.2) is 0 Å². The number of aliphatic hydroxyl groups excluding tert-OH is 1. The van der Waals surface area contributed by atoms with Gasteiger partial charge < -0.3 is 30.9 Å². The van der Waals surface area contributed by atoms with Gasteiger partial charge in [0.05, 0.1) is 6.61 Å². The fraction of sp³-hybridized carbons (Fsp3) is 0.200. The molecule has 3 rings (SSSR count). The second kappa shape index (κ2) is 8.37. The lowest BCUT2D eigenvalue weighted by molar-refractivity contribution is 0.151. The fourth-order valence-corrected chi connectivity index (χ4v) is 2.73. The van der Waals surface area contributed by atoms with Crippen molar-refractivity contribution in [3.05, 3.63) is 60.3 Å². The summed E-state index contributed by atoms with van der Waals surface area (Å²) < 4.78 is 5.37. The Morgan fingerprint density at radius 2 is 2.00 bits per heavy atom. The van der Waals surface area contributed by atoms with E-state index in [0.29, 0.717) is 17.9 Å². The average molecular weight is 366 g/mol. The highest BCUT2D eigenvalue weighted by atomic mass is 16.5. The molecule has 1 aromatic heterocycles. The van der Waals surface area contributed by atoms with E-state index in [-0.39, 0.29) is 12.1 Å². The van der Waals surface area contributed by atoms with Crippen LogP contribution in [0.5, 0.6) is 5.75 Å². The van der Waals surface area contributed by atoms with E-state index < -0.39 is 12.3 Å². The van der Waals surface area contributed by atoms with Crippen LogP contribution in [0.1, 0.15) is 18.9 Å². The van der Waals surface area contributed by atoms with Crippen LogP contribution in [0.3, 0.4) is 0 Å². The first-order chi connectivity index (χ1) is 13.0. The number of aromatic amines is 1. The summed E-state index contributed by atoms with van der Waals surface area (Å²) in [6, 6.07) is 13.9. The number of benzene rings is 2. The Morgan fingerprint density at radius 1 is 1.22 bits per heavy atom. The molecule has 1 unspecified atom stereocenters. The zero-order valence-electron chi connectivity index (χ0n) is 15.0. The smallest absolute Gasteiger partial charge is 0.321 e. The Labute approximate surface area is 156 Å². The number of carbonyl (C=O) groups is 1. The van der Waals surface area contributed by atoms with Gasteiger partial charge >= 0.3 is 6.03 Å². The second-order valence-electron chi connectivity index (χ2n) is 6.03. The lowest BCUT2D eigenvalue weighted by Gasteiger charge is -2.15. The molecule has 140 valence electrons. The van der Waals surface area contributed by atoms with Crippen molar-refractivity contribution in [3.8, 4) is 5.75 Å². The number of aromatic nitrogens is 1. The maximum absolute atomic E-state index is 12.1. The van der Waals surface area contributed by atoms with Crippen LogP contribution in [0, 0.1) is 5.41 Å². The zero-order valence-corrected chi connectivity index (χ0v) is 15.0. The summed E-state index contributed by atoms with van der Waals surface area (Å²) in [6.07, 6.45) is 0.656. The minimum Gasteiger partial charge on any atom is -0.494 e. The largest absolute Gasteiger partial charge is 0.494 e. The van der Waals surface area contributed by atoms with Gasteiger partial charge in [0, 0.05) is 34.9 Å². The van der Waals surface area contributed by atoms with Gasteiger partial charge in [0.25, 0.3) is 0 Å². The van der Waals surface area contributed by atoms with E-state index in [1.165, 1.54) is 0 Å². The number of H-pyrrole nitrogens is 1. The van der Waals surface area contributed by atoms with E-state index in [0.717, 1.165) is 16.7 Å². The molecule has 3 aromatic rings. The van der Waals surface area contributed by atoms with Crippen molar-refractivity contribution >= 4 is 28.3 Å². The molecule has 0 fully saturated rings. The molecule has 0 radical (unpaired) electrons. The number of anilines is 1. The molecular weight excluding hydrogens is 344 g/mol. The predicted molar refractivity (Wildman–Crippen MR) is 106 cm³/mol. The molecule has 5 N–H and O–H groups in total. The molecule has 1 atom stereocenters. The van der Waals surface area contributed by atoms with Gasteiger partial charge in [-0.25, -0.2) is 4.79 Å². The molecule has 7 nitrogen and oxygen atoms in total. The number of nitrogens with one attached hydrogen (secondary N) is 4. The van der Waals surface area contributed by atoms with Gasteiger partial charge in [-0.3, -0.25) is 0 Å². The Bertz CT molecular complexity index is 934. The molecule has 0 saturated heterocycles. The molecule has 1 heterocycles. The minimum absolute atomic E-state index is 0.00174. The van der Waals surface area contributed by atoms with E-state index in [2.05, 4.69) is 15.6 Å². The fourth-order valence-electron chi connectivity index (χ4n) is 2.73. The van der Waals surface area contributed by atoms with E-state index in [1.807, 2.05) is 31.3 Å². The van der Waals surface area contributed by atoms with Gasteiger partial charge in [-0.15, -0.1) is 0 Å². The first-order valence-electron chi connectivity index (χ1n) is 8.68. The molecule has 0 aliphatic carbocycles. The Morgan fingerprint density at radius 3 is 2.74 bits per heavy atom. The number of hydrogen-bond acceptors (Lipinski definition) is 4. The van der Waals surface area contributed by atoms with Gasteiger partial charge in [-0.1, -0.05) is 0 Å². The van der Waals surface area contributed by atoms with E-state index in [4.69, 9.17) is 10.1 Å². The topological polar surface area (TPSA) is 110 Å². The summed E-state index contributed by atoms with van der Waals surface area (Å²) in [4.78, 5) is 15.1. The van der Waals surface area contributed by atoms with Crippen LogP contribution in [0.4, 0.5) is 10.5 Å². The maximum atomic E-state index is 12.1. The molecule has 0 saturated carbocycles. The highest BCUT2D eigenvalue weighted by molar-refractivity contribution is 5.99. The van der Waals surface area contributed by atoms with Crippen LogP contribution in [0.15, 0.2) is 54.7 Å². The zero-order chi connectivity index (χ0) is 19.2. The lowest BCUT2D eigenvalue weighted by atomic mass is 10.1. The van der Waals surface area contributed by atoms with Gasteiger partial charge in [0.2, 0.25) is 0 Å². The third-order valence-electron chi connectivity index (χ3n) is 4.02. The van der Waals surface area contributed by atoms with Crippen molar-refractivity contribution in [1.29, 1.82) is 5.41 Å². The van der Waals surface area contributed by atoms with Gasteiger partial charge in [-0.2, -0.15) is 0 Å². The number of carbonyl (C=O) groups excluding carboxylic acids is 1. The average Bonchev–Trinajstić information content (AvgIpc) is 3.10. The van der Waals surface area contributed by atoms with Crippen LogP contribution in [-0.2, 0) is 0 Å². The summed E-state index contributed by atoms with van der Waals surface area (Å²) in [5.41, 5.74) is 2.48. The number of aliphatic hydroxyl groups is 1. The molecule has 0 aliphatic heterocycles. The maximum Gasteiger partial charge on any atom is 0.321 e. The molecule has 0 aliphatic rings. The summed E-state index contributed by atoms with van der Waals surface area (Å²) >= 11 is 0. The van der Waals surface area contributed by atoms with Crippen molar-refractivity contribution in [2.45, 2.75) is 19.6 Å². The first kappa shape index (κ1) is 18.5. The van der Waals surface area contributed by atoms with E-state index in [9.17, 15) is 9.90 Å². The van der Waals surface area contributed by atoms with Crippen LogP contribution >= 0.6 is 0 Å². The van der Waals surface area contributed by atoms with E-state index >= 15 is 0 Å². The monoisotopic (exact) mass is 366 g/mol. The SMILES string of the molecule is CCOc1ccc(C(=N)CC(O)NC(=O)Nc2ccc3[nH]ccc3c2)cc1. The Hall–Kier alpha value is -3.32. The Balaban J connectivity index is 1.52. The number of urea groups is 1. The van der Waals surface area contributed by atoms with Crippen molar-refractivity contribution in [1.82, 2.24) is 10.3 Å². The van der Waals surface area contributed by atoms with Crippen molar-refractivity contribution in [2.24, 2.45) is 0 Å².